The predicted octanol–water partition coefficient (Wildman–Crippen LogP) is 0.236. The highest BCUT2D eigenvalue weighted by molar-refractivity contribution is 5.83. The van der Waals surface area contributed by atoms with E-state index in [1.807, 2.05) is 0 Å². The molecule has 0 aromatic carbocycles. The maximum absolute atomic E-state index is 11.7. The Kier molecular flexibility index (Phi) is 3.23. The van der Waals surface area contributed by atoms with Crippen molar-refractivity contribution in [3.05, 3.63) is 27.4 Å². The molecule has 1 aromatic heterocycles. The van der Waals surface area contributed by atoms with Crippen molar-refractivity contribution < 1.29 is 9.90 Å². The highest BCUT2D eigenvalue weighted by atomic mass is 16.4. The van der Waals surface area contributed by atoms with Crippen molar-refractivity contribution in [2.24, 2.45) is 0 Å². The Balaban J connectivity index is 2.35. The number of carbonyl (C=O) groups is 1. The van der Waals surface area contributed by atoms with Crippen LogP contribution in [-0.4, -0.2) is 39.0 Å². The summed E-state index contributed by atoms with van der Waals surface area (Å²) in [7, 11) is 0. The molecule has 1 aromatic rings. The van der Waals surface area contributed by atoms with Gasteiger partial charge >= 0.3 is 5.97 Å². The second-order valence-electron chi connectivity index (χ2n) is 4.17. The number of hydrogen-bond donors (Lipinski definition) is 2. The van der Waals surface area contributed by atoms with Crippen LogP contribution in [0.15, 0.2) is 4.79 Å². The van der Waals surface area contributed by atoms with Crippen molar-refractivity contribution in [1.29, 1.82) is 0 Å². The summed E-state index contributed by atoms with van der Waals surface area (Å²) in [6.45, 7) is 4.42. The number of rotatable bonds is 3. The van der Waals surface area contributed by atoms with Crippen molar-refractivity contribution in [1.82, 2.24) is 14.9 Å². The summed E-state index contributed by atoms with van der Waals surface area (Å²) in [4.78, 5) is 31.0. The Morgan fingerprint density at radius 2 is 2.35 bits per heavy atom. The second-order valence-corrected chi connectivity index (χ2v) is 4.17. The van der Waals surface area contributed by atoms with E-state index in [0.29, 0.717) is 24.2 Å². The van der Waals surface area contributed by atoms with Gasteiger partial charge in [-0.2, -0.15) is 0 Å². The molecule has 2 heterocycles. The Hall–Kier alpha value is -1.69. The molecular weight excluding hydrogens is 222 g/mol. The topological polar surface area (TPSA) is 86.3 Å². The van der Waals surface area contributed by atoms with E-state index in [9.17, 15) is 9.59 Å². The number of aromatic amines is 1. The summed E-state index contributed by atoms with van der Waals surface area (Å²) in [5.41, 5.74) is 0.914. The molecule has 6 heteroatoms. The summed E-state index contributed by atoms with van der Waals surface area (Å²) in [6, 6.07) is 0. The van der Waals surface area contributed by atoms with E-state index < -0.39 is 5.97 Å². The van der Waals surface area contributed by atoms with Gasteiger partial charge in [0.25, 0.3) is 5.56 Å². The SMILES string of the molecule is CCCN1CCc2c(nc(C(=O)O)[nH]c2=O)C1. The third-order valence-electron chi connectivity index (χ3n) is 2.89. The zero-order valence-corrected chi connectivity index (χ0v) is 9.69. The van der Waals surface area contributed by atoms with Gasteiger partial charge in [-0.3, -0.25) is 9.69 Å². The van der Waals surface area contributed by atoms with Gasteiger partial charge in [0, 0.05) is 18.7 Å². The molecule has 1 aliphatic rings. The number of nitrogens with zero attached hydrogens (tertiary/aromatic N) is 2. The normalized spacial score (nSPS) is 15.6. The second kappa shape index (κ2) is 4.67. The van der Waals surface area contributed by atoms with Crippen LogP contribution in [0.1, 0.15) is 35.2 Å². The summed E-state index contributed by atoms with van der Waals surface area (Å²) in [5.74, 6) is -1.47. The van der Waals surface area contributed by atoms with Gasteiger partial charge in [0.05, 0.1) is 5.69 Å². The van der Waals surface area contributed by atoms with Crippen molar-refractivity contribution in [3.63, 3.8) is 0 Å². The summed E-state index contributed by atoms with van der Waals surface area (Å²) < 4.78 is 0. The van der Waals surface area contributed by atoms with Crippen molar-refractivity contribution in [2.75, 3.05) is 13.1 Å². The van der Waals surface area contributed by atoms with Crippen molar-refractivity contribution in [2.45, 2.75) is 26.3 Å². The maximum Gasteiger partial charge on any atom is 0.372 e. The lowest BCUT2D eigenvalue weighted by Crippen LogP contribution is -2.36. The molecule has 0 saturated carbocycles. The number of carboxylic acids is 1. The number of aromatic carboxylic acids is 1. The Labute approximate surface area is 98.3 Å². The molecule has 0 atom stereocenters. The minimum atomic E-state index is -1.20. The number of hydrogen-bond acceptors (Lipinski definition) is 4. The fraction of sp³-hybridized carbons (Fsp3) is 0.545. The third kappa shape index (κ3) is 2.36. The number of fused-ring (bicyclic) bond motifs is 1. The number of nitrogens with one attached hydrogen (secondary N) is 1. The minimum Gasteiger partial charge on any atom is -0.475 e. The molecule has 6 nitrogen and oxygen atoms in total. The van der Waals surface area contributed by atoms with Gasteiger partial charge in [-0.25, -0.2) is 9.78 Å². The average Bonchev–Trinajstić information content (AvgIpc) is 2.28. The van der Waals surface area contributed by atoms with Crippen LogP contribution in [0, 0.1) is 0 Å². The Bertz CT molecular complexity index is 495. The van der Waals surface area contributed by atoms with Crippen LogP contribution >= 0.6 is 0 Å². The van der Waals surface area contributed by atoms with Gasteiger partial charge in [-0.15, -0.1) is 0 Å². The Morgan fingerprint density at radius 1 is 1.59 bits per heavy atom. The van der Waals surface area contributed by atoms with Gasteiger partial charge < -0.3 is 10.1 Å². The van der Waals surface area contributed by atoms with E-state index in [4.69, 9.17) is 5.11 Å². The monoisotopic (exact) mass is 237 g/mol. The lowest BCUT2D eigenvalue weighted by Gasteiger charge is -2.26. The van der Waals surface area contributed by atoms with E-state index in [1.165, 1.54) is 0 Å². The first-order valence-electron chi connectivity index (χ1n) is 5.69. The first-order valence-corrected chi connectivity index (χ1v) is 5.69. The van der Waals surface area contributed by atoms with E-state index >= 15 is 0 Å². The molecule has 0 unspecified atom stereocenters. The number of aromatic nitrogens is 2. The Morgan fingerprint density at radius 3 is 3.00 bits per heavy atom. The van der Waals surface area contributed by atoms with Crippen molar-refractivity contribution in [3.8, 4) is 0 Å². The molecule has 2 N–H and O–H groups in total. The maximum atomic E-state index is 11.7. The molecular formula is C11H15N3O3. The van der Waals surface area contributed by atoms with Crippen LogP contribution in [0.5, 0.6) is 0 Å². The lowest BCUT2D eigenvalue weighted by atomic mass is 10.1. The molecule has 0 bridgehead atoms. The minimum absolute atomic E-state index is 0.271. The summed E-state index contributed by atoms with van der Waals surface area (Å²) in [6.07, 6.45) is 1.67. The average molecular weight is 237 g/mol. The summed E-state index contributed by atoms with van der Waals surface area (Å²) in [5, 5.41) is 8.83. The molecule has 0 fully saturated rings. The fourth-order valence-corrected chi connectivity index (χ4v) is 2.10. The first-order chi connectivity index (χ1) is 8.11. The standard InChI is InChI=1S/C11H15N3O3/c1-2-4-14-5-3-7-8(6-14)12-9(11(16)17)13-10(7)15/h2-6H2,1H3,(H,16,17)(H,12,13,15). The molecule has 0 spiro atoms. The molecule has 0 radical (unpaired) electrons. The molecule has 0 saturated heterocycles. The van der Waals surface area contributed by atoms with Gasteiger partial charge in [-0.05, 0) is 19.4 Å². The first kappa shape index (κ1) is 11.8. The van der Waals surface area contributed by atoms with Crippen LogP contribution < -0.4 is 5.56 Å². The zero-order chi connectivity index (χ0) is 12.4. The largest absolute Gasteiger partial charge is 0.475 e. The molecule has 0 aliphatic carbocycles. The van der Waals surface area contributed by atoms with Gasteiger partial charge in [-0.1, -0.05) is 6.92 Å². The fourth-order valence-electron chi connectivity index (χ4n) is 2.10. The highest BCUT2D eigenvalue weighted by Gasteiger charge is 2.21. The third-order valence-corrected chi connectivity index (χ3v) is 2.89. The quantitative estimate of drug-likeness (QED) is 0.786. The van der Waals surface area contributed by atoms with Crippen LogP contribution in [0.3, 0.4) is 0 Å². The lowest BCUT2D eigenvalue weighted by molar-refractivity contribution is 0.0682. The van der Waals surface area contributed by atoms with E-state index in [2.05, 4.69) is 21.8 Å². The smallest absolute Gasteiger partial charge is 0.372 e. The molecule has 0 amide bonds. The summed E-state index contributed by atoms with van der Waals surface area (Å²) >= 11 is 0. The van der Waals surface area contributed by atoms with Crippen molar-refractivity contribution >= 4 is 5.97 Å². The molecule has 1 aliphatic heterocycles. The predicted molar refractivity (Wildman–Crippen MR) is 61.1 cm³/mol. The van der Waals surface area contributed by atoms with Gasteiger partial charge in [0.1, 0.15) is 0 Å². The molecule has 17 heavy (non-hydrogen) atoms. The highest BCUT2D eigenvalue weighted by Crippen LogP contribution is 2.13. The van der Waals surface area contributed by atoms with Gasteiger partial charge in [0.2, 0.25) is 5.82 Å². The molecule has 92 valence electrons. The van der Waals surface area contributed by atoms with Crippen LogP contribution in [-0.2, 0) is 13.0 Å². The zero-order valence-electron chi connectivity index (χ0n) is 9.69. The van der Waals surface area contributed by atoms with E-state index in [-0.39, 0.29) is 11.4 Å². The number of H-pyrrole nitrogens is 1. The van der Waals surface area contributed by atoms with Crippen LogP contribution in [0.4, 0.5) is 0 Å². The molecule has 2 rings (SSSR count). The van der Waals surface area contributed by atoms with E-state index in [1.54, 1.807) is 0 Å². The van der Waals surface area contributed by atoms with E-state index in [0.717, 1.165) is 19.5 Å². The number of carboxylic acid groups (broad SMARTS) is 1. The van der Waals surface area contributed by atoms with Gasteiger partial charge in [0.15, 0.2) is 0 Å². The van der Waals surface area contributed by atoms with Crippen LogP contribution in [0.2, 0.25) is 0 Å². The van der Waals surface area contributed by atoms with Crippen LogP contribution in [0.25, 0.3) is 0 Å².